The van der Waals surface area contributed by atoms with Gasteiger partial charge in [0.05, 0.1) is 5.57 Å². The van der Waals surface area contributed by atoms with E-state index in [1.807, 2.05) is 0 Å². The molecular weight excluding hydrogens is 296 g/mol. The maximum atomic E-state index is 12.1. The number of hydrogen-bond donors (Lipinski definition) is 3. The summed E-state index contributed by atoms with van der Waals surface area (Å²) in [5, 5.41) is 21.0. The van der Waals surface area contributed by atoms with E-state index in [0.29, 0.717) is 6.54 Å². The topological polar surface area (TPSA) is 107 Å². The second-order valence-electron chi connectivity index (χ2n) is 4.99. The van der Waals surface area contributed by atoms with Crippen LogP contribution in [0.2, 0.25) is 0 Å². The van der Waals surface area contributed by atoms with Crippen LogP contribution in [0.15, 0.2) is 11.3 Å². The Kier molecular flexibility index (Phi) is 4.89. The highest BCUT2D eigenvalue weighted by Gasteiger charge is 2.54. The lowest BCUT2D eigenvalue weighted by molar-refractivity contribution is -0.149. The van der Waals surface area contributed by atoms with Gasteiger partial charge >= 0.3 is 11.9 Å². The molecule has 0 aromatic carbocycles. The Balaban J connectivity index is 2.08. The van der Waals surface area contributed by atoms with E-state index in [2.05, 4.69) is 12.2 Å². The standard InChI is InChI=1S/C13H18N2O5S/c1-2-3-4-5-14-8-10(16)15-9(13(19)20)7(12(17)18)6-21-11(8)15/h8,11,14H,2-6H2,1H3,(H,17,18)(H,19,20)/t8?,11-/m0/s1. The fourth-order valence-electron chi connectivity index (χ4n) is 2.47. The van der Waals surface area contributed by atoms with Crippen LogP contribution in [0.4, 0.5) is 0 Å². The molecular formula is C13H18N2O5S. The number of β-lactam (4-membered cyclic amide) rings is 1. The van der Waals surface area contributed by atoms with Gasteiger partial charge in [-0.3, -0.25) is 9.69 Å². The minimum Gasteiger partial charge on any atom is -0.478 e. The predicted molar refractivity (Wildman–Crippen MR) is 76.7 cm³/mol. The molecule has 2 rings (SSSR count). The number of rotatable bonds is 7. The number of nitrogens with one attached hydrogen (secondary N) is 1. The zero-order chi connectivity index (χ0) is 15.6. The summed E-state index contributed by atoms with van der Waals surface area (Å²) in [5.41, 5.74) is -0.607. The van der Waals surface area contributed by atoms with Gasteiger partial charge in [0.1, 0.15) is 17.1 Å². The number of hydrogen-bond acceptors (Lipinski definition) is 5. The Morgan fingerprint density at radius 3 is 2.62 bits per heavy atom. The molecule has 2 heterocycles. The number of thioether (sulfide) groups is 1. The molecule has 1 unspecified atom stereocenters. The molecule has 1 saturated heterocycles. The van der Waals surface area contributed by atoms with Crippen molar-refractivity contribution < 1.29 is 24.6 Å². The number of amides is 1. The van der Waals surface area contributed by atoms with Crippen molar-refractivity contribution in [2.75, 3.05) is 12.3 Å². The van der Waals surface area contributed by atoms with E-state index in [-0.39, 0.29) is 28.3 Å². The largest absolute Gasteiger partial charge is 0.478 e. The van der Waals surface area contributed by atoms with E-state index in [1.165, 1.54) is 11.8 Å². The van der Waals surface area contributed by atoms with Gasteiger partial charge in [-0.05, 0) is 13.0 Å². The number of carbonyl (C=O) groups excluding carboxylic acids is 1. The lowest BCUT2D eigenvalue weighted by Gasteiger charge is -2.49. The van der Waals surface area contributed by atoms with Gasteiger partial charge in [-0.15, -0.1) is 11.8 Å². The molecule has 2 aliphatic rings. The molecule has 1 fully saturated rings. The lowest BCUT2D eigenvalue weighted by Crippen LogP contribution is -2.70. The average Bonchev–Trinajstić information content (AvgIpc) is 2.44. The average molecular weight is 314 g/mol. The van der Waals surface area contributed by atoms with E-state index < -0.39 is 18.0 Å². The third kappa shape index (κ3) is 2.91. The van der Waals surface area contributed by atoms with Crippen molar-refractivity contribution in [1.29, 1.82) is 0 Å². The van der Waals surface area contributed by atoms with Gasteiger partial charge in [0, 0.05) is 5.75 Å². The first kappa shape index (κ1) is 15.8. The van der Waals surface area contributed by atoms with Crippen molar-refractivity contribution in [1.82, 2.24) is 10.2 Å². The summed E-state index contributed by atoms with van der Waals surface area (Å²) in [6.07, 6.45) is 3.11. The minimum atomic E-state index is -1.37. The first-order chi connectivity index (χ1) is 9.99. The molecule has 0 aromatic heterocycles. The maximum absolute atomic E-state index is 12.1. The van der Waals surface area contributed by atoms with Crippen molar-refractivity contribution in [3.8, 4) is 0 Å². The van der Waals surface area contributed by atoms with Crippen LogP contribution < -0.4 is 5.32 Å². The monoisotopic (exact) mass is 314 g/mol. The zero-order valence-electron chi connectivity index (χ0n) is 11.7. The fraction of sp³-hybridized carbons (Fsp3) is 0.615. The SMILES string of the molecule is CCCCCNC1C(=O)N2C(C(=O)O)=C(C(=O)O)CS[C@@H]12. The zero-order valence-corrected chi connectivity index (χ0v) is 12.5. The summed E-state index contributed by atoms with van der Waals surface area (Å²) in [4.78, 5) is 35.6. The summed E-state index contributed by atoms with van der Waals surface area (Å²) in [7, 11) is 0. The van der Waals surface area contributed by atoms with Crippen molar-refractivity contribution in [2.45, 2.75) is 37.6 Å². The van der Waals surface area contributed by atoms with Crippen LogP contribution in [0, 0.1) is 0 Å². The van der Waals surface area contributed by atoms with Gasteiger partial charge in [-0.25, -0.2) is 9.59 Å². The Hall–Kier alpha value is -1.54. The predicted octanol–water partition coefficient (Wildman–Crippen LogP) is 0.473. The summed E-state index contributed by atoms with van der Waals surface area (Å²) in [6.45, 7) is 2.79. The van der Waals surface area contributed by atoms with Crippen LogP contribution in [0.3, 0.4) is 0 Å². The van der Waals surface area contributed by atoms with E-state index in [9.17, 15) is 19.5 Å². The van der Waals surface area contributed by atoms with Gasteiger partial charge < -0.3 is 15.5 Å². The second kappa shape index (κ2) is 6.48. The number of carbonyl (C=O) groups is 3. The molecule has 21 heavy (non-hydrogen) atoms. The smallest absolute Gasteiger partial charge is 0.353 e. The fourth-order valence-corrected chi connectivity index (χ4v) is 3.83. The summed E-state index contributed by atoms with van der Waals surface area (Å²) in [6, 6.07) is -0.420. The molecule has 7 nitrogen and oxygen atoms in total. The molecule has 0 saturated carbocycles. The number of carboxylic acids is 2. The molecule has 0 spiro atoms. The summed E-state index contributed by atoms with van der Waals surface area (Å²) in [5.74, 6) is -2.92. The van der Waals surface area contributed by atoms with Crippen molar-refractivity contribution in [3.63, 3.8) is 0 Å². The van der Waals surface area contributed by atoms with E-state index in [1.54, 1.807) is 0 Å². The van der Waals surface area contributed by atoms with Crippen molar-refractivity contribution >= 4 is 29.6 Å². The van der Waals surface area contributed by atoms with Crippen molar-refractivity contribution in [3.05, 3.63) is 11.3 Å². The Morgan fingerprint density at radius 1 is 1.33 bits per heavy atom. The number of fused-ring (bicyclic) bond motifs is 1. The maximum Gasteiger partial charge on any atom is 0.353 e. The molecule has 8 heteroatoms. The van der Waals surface area contributed by atoms with Gasteiger partial charge in [0.2, 0.25) is 5.91 Å². The highest BCUT2D eigenvalue weighted by atomic mass is 32.2. The first-order valence-electron chi connectivity index (χ1n) is 6.86. The second-order valence-corrected chi connectivity index (χ2v) is 6.09. The number of aliphatic carboxylic acids is 2. The molecule has 0 radical (unpaired) electrons. The molecule has 0 aromatic rings. The quantitative estimate of drug-likeness (QED) is 0.463. The Morgan fingerprint density at radius 2 is 2.05 bits per heavy atom. The van der Waals surface area contributed by atoms with E-state index in [0.717, 1.165) is 24.2 Å². The number of nitrogens with zero attached hydrogens (tertiary/aromatic N) is 1. The van der Waals surface area contributed by atoms with E-state index >= 15 is 0 Å². The van der Waals surface area contributed by atoms with Crippen LogP contribution in [0.5, 0.6) is 0 Å². The third-order valence-corrected chi connectivity index (χ3v) is 4.85. The van der Waals surface area contributed by atoms with Gasteiger partial charge in [-0.2, -0.15) is 0 Å². The van der Waals surface area contributed by atoms with Crippen LogP contribution in [-0.2, 0) is 14.4 Å². The molecule has 1 amide bonds. The Bertz CT molecular complexity index is 505. The van der Waals surface area contributed by atoms with Crippen LogP contribution in [-0.4, -0.2) is 56.7 Å². The van der Waals surface area contributed by atoms with Crippen molar-refractivity contribution in [2.24, 2.45) is 0 Å². The molecule has 0 aliphatic carbocycles. The van der Waals surface area contributed by atoms with Gasteiger partial charge in [0.25, 0.3) is 0 Å². The third-order valence-electron chi connectivity index (χ3n) is 3.57. The first-order valence-corrected chi connectivity index (χ1v) is 7.91. The molecule has 3 N–H and O–H groups in total. The number of unbranched alkanes of at least 4 members (excludes halogenated alkanes) is 2. The molecule has 116 valence electrons. The normalized spacial score (nSPS) is 24.6. The highest BCUT2D eigenvalue weighted by Crippen LogP contribution is 2.40. The number of carboxylic acid groups (broad SMARTS) is 2. The molecule has 0 bridgehead atoms. The van der Waals surface area contributed by atoms with Gasteiger partial charge in [-0.1, -0.05) is 19.8 Å². The minimum absolute atomic E-state index is 0.0958. The Labute approximate surface area is 126 Å². The highest BCUT2D eigenvalue weighted by molar-refractivity contribution is 8.00. The van der Waals surface area contributed by atoms with Crippen LogP contribution >= 0.6 is 11.8 Å². The lowest BCUT2D eigenvalue weighted by atomic mass is 10.0. The van der Waals surface area contributed by atoms with Crippen LogP contribution in [0.1, 0.15) is 26.2 Å². The summed E-state index contributed by atoms with van der Waals surface area (Å²) < 4.78 is 0. The van der Waals surface area contributed by atoms with Crippen LogP contribution in [0.25, 0.3) is 0 Å². The molecule has 2 atom stereocenters. The van der Waals surface area contributed by atoms with Gasteiger partial charge in [0.15, 0.2) is 0 Å². The van der Waals surface area contributed by atoms with E-state index in [4.69, 9.17) is 5.11 Å². The summed E-state index contributed by atoms with van der Waals surface area (Å²) >= 11 is 1.29. The molecule has 2 aliphatic heterocycles.